The summed E-state index contributed by atoms with van der Waals surface area (Å²) in [6, 6.07) is 3.31. The fourth-order valence-corrected chi connectivity index (χ4v) is 1.86. The van der Waals surface area contributed by atoms with Crippen LogP contribution in [0.25, 0.3) is 0 Å². The molecule has 2 unspecified atom stereocenters. The molecule has 1 rings (SSSR count). The average Bonchev–Trinajstić information content (AvgIpc) is 2.24. The number of likely N-dealkylation sites (N-methyl/N-ethyl adjacent to an activating group) is 1. The molecule has 0 saturated carbocycles. The van der Waals surface area contributed by atoms with Gasteiger partial charge in [-0.1, -0.05) is 6.92 Å². The van der Waals surface area contributed by atoms with E-state index in [0.717, 1.165) is 12.5 Å². The van der Waals surface area contributed by atoms with E-state index in [1.807, 2.05) is 6.92 Å². The fraction of sp³-hybridized carbons (Fsp3) is 0.500. The molecule has 0 aliphatic rings. The van der Waals surface area contributed by atoms with Crippen molar-refractivity contribution in [2.75, 3.05) is 14.2 Å². The van der Waals surface area contributed by atoms with Gasteiger partial charge in [0.1, 0.15) is 11.6 Å². The maximum Gasteiger partial charge on any atom is 0.126 e. The SMILES string of the molecule is CCC(OC)C(NC)c1cc(F)cc(F)c1. The predicted molar refractivity (Wildman–Crippen MR) is 59.2 cm³/mol. The third-order valence-corrected chi connectivity index (χ3v) is 2.63. The highest BCUT2D eigenvalue weighted by molar-refractivity contribution is 5.22. The first kappa shape index (κ1) is 13.1. The largest absolute Gasteiger partial charge is 0.379 e. The van der Waals surface area contributed by atoms with Crippen LogP contribution in [-0.4, -0.2) is 20.3 Å². The predicted octanol–water partition coefficient (Wildman–Crippen LogP) is 2.65. The zero-order valence-electron chi connectivity index (χ0n) is 9.76. The smallest absolute Gasteiger partial charge is 0.126 e. The molecule has 0 saturated heterocycles. The second-order valence-electron chi connectivity index (χ2n) is 3.65. The van der Waals surface area contributed by atoms with Gasteiger partial charge < -0.3 is 10.1 Å². The van der Waals surface area contributed by atoms with Crippen molar-refractivity contribution >= 4 is 0 Å². The topological polar surface area (TPSA) is 21.3 Å². The monoisotopic (exact) mass is 229 g/mol. The van der Waals surface area contributed by atoms with Gasteiger partial charge in [-0.3, -0.25) is 0 Å². The zero-order chi connectivity index (χ0) is 12.1. The molecular formula is C12H17F2NO. The minimum atomic E-state index is -0.568. The Morgan fingerprint density at radius 3 is 2.19 bits per heavy atom. The van der Waals surface area contributed by atoms with Crippen LogP contribution >= 0.6 is 0 Å². The van der Waals surface area contributed by atoms with Crippen molar-refractivity contribution in [3.8, 4) is 0 Å². The lowest BCUT2D eigenvalue weighted by atomic mass is 9.99. The Hall–Kier alpha value is -1.00. The number of rotatable bonds is 5. The van der Waals surface area contributed by atoms with Crippen molar-refractivity contribution < 1.29 is 13.5 Å². The molecule has 4 heteroatoms. The van der Waals surface area contributed by atoms with Crippen LogP contribution in [0.2, 0.25) is 0 Å². The number of benzene rings is 1. The van der Waals surface area contributed by atoms with Gasteiger partial charge in [0.15, 0.2) is 0 Å². The number of halogens is 2. The lowest BCUT2D eigenvalue weighted by Gasteiger charge is -2.25. The van der Waals surface area contributed by atoms with E-state index in [1.165, 1.54) is 12.1 Å². The van der Waals surface area contributed by atoms with E-state index >= 15 is 0 Å². The third kappa shape index (κ3) is 3.00. The van der Waals surface area contributed by atoms with E-state index in [4.69, 9.17) is 4.74 Å². The summed E-state index contributed by atoms with van der Waals surface area (Å²) < 4.78 is 31.5. The molecule has 1 N–H and O–H groups in total. The summed E-state index contributed by atoms with van der Waals surface area (Å²) in [4.78, 5) is 0. The van der Waals surface area contributed by atoms with Crippen LogP contribution < -0.4 is 5.32 Å². The molecule has 0 aliphatic heterocycles. The van der Waals surface area contributed by atoms with Crippen LogP contribution in [0.1, 0.15) is 24.9 Å². The number of methoxy groups -OCH3 is 1. The summed E-state index contributed by atoms with van der Waals surface area (Å²) in [5, 5.41) is 3.02. The van der Waals surface area contributed by atoms with Crippen molar-refractivity contribution in [2.45, 2.75) is 25.5 Å². The summed E-state index contributed by atoms with van der Waals surface area (Å²) in [5.41, 5.74) is 0.564. The molecule has 1 aromatic carbocycles. The maximum atomic E-state index is 13.1. The second kappa shape index (κ2) is 5.92. The van der Waals surface area contributed by atoms with Gasteiger partial charge in [0.2, 0.25) is 0 Å². The molecule has 0 radical (unpaired) electrons. The zero-order valence-corrected chi connectivity index (χ0v) is 9.76. The maximum absolute atomic E-state index is 13.1. The van der Waals surface area contributed by atoms with E-state index in [2.05, 4.69) is 5.32 Å². The van der Waals surface area contributed by atoms with E-state index in [-0.39, 0.29) is 12.1 Å². The van der Waals surface area contributed by atoms with E-state index < -0.39 is 11.6 Å². The molecule has 0 heterocycles. The van der Waals surface area contributed by atoms with Crippen molar-refractivity contribution in [3.63, 3.8) is 0 Å². The lowest BCUT2D eigenvalue weighted by molar-refractivity contribution is 0.0674. The van der Waals surface area contributed by atoms with Crippen LogP contribution in [0.3, 0.4) is 0 Å². The quantitative estimate of drug-likeness (QED) is 0.838. The molecule has 0 fully saturated rings. The highest BCUT2D eigenvalue weighted by Crippen LogP contribution is 2.22. The Morgan fingerprint density at radius 1 is 1.25 bits per heavy atom. The molecule has 0 bridgehead atoms. The van der Waals surface area contributed by atoms with Gasteiger partial charge in [0.25, 0.3) is 0 Å². The normalized spacial score (nSPS) is 14.8. The van der Waals surface area contributed by atoms with E-state index in [0.29, 0.717) is 5.56 Å². The van der Waals surface area contributed by atoms with E-state index in [1.54, 1.807) is 14.2 Å². The molecule has 0 aromatic heterocycles. The molecule has 2 atom stereocenters. The van der Waals surface area contributed by atoms with Crippen molar-refractivity contribution in [3.05, 3.63) is 35.4 Å². The second-order valence-corrected chi connectivity index (χ2v) is 3.65. The van der Waals surface area contributed by atoms with Gasteiger partial charge in [-0.25, -0.2) is 8.78 Å². The molecule has 90 valence electrons. The highest BCUT2D eigenvalue weighted by Gasteiger charge is 2.20. The van der Waals surface area contributed by atoms with Crippen molar-refractivity contribution in [1.29, 1.82) is 0 Å². The van der Waals surface area contributed by atoms with Crippen LogP contribution in [-0.2, 0) is 4.74 Å². The number of ether oxygens (including phenoxy) is 1. The molecule has 0 spiro atoms. The first-order chi connectivity index (χ1) is 7.62. The molecule has 1 aromatic rings. The summed E-state index contributed by atoms with van der Waals surface area (Å²) in [7, 11) is 3.34. The summed E-state index contributed by atoms with van der Waals surface area (Å²) in [5.74, 6) is -1.14. The Labute approximate surface area is 94.6 Å². The minimum Gasteiger partial charge on any atom is -0.379 e. The molecule has 0 aliphatic carbocycles. The summed E-state index contributed by atoms with van der Waals surface area (Å²) in [6.07, 6.45) is 0.659. The van der Waals surface area contributed by atoms with Crippen LogP contribution in [0, 0.1) is 11.6 Å². The third-order valence-electron chi connectivity index (χ3n) is 2.63. The molecular weight excluding hydrogens is 212 g/mol. The van der Waals surface area contributed by atoms with Crippen LogP contribution in [0.4, 0.5) is 8.78 Å². The first-order valence-corrected chi connectivity index (χ1v) is 5.28. The van der Waals surface area contributed by atoms with Gasteiger partial charge in [-0.2, -0.15) is 0 Å². The number of nitrogens with one attached hydrogen (secondary N) is 1. The number of hydrogen-bond acceptors (Lipinski definition) is 2. The number of hydrogen-bond donors (Lipinski definition) is 1. The van der Waals surface area contributed by atoms with Gasteiger partial charge in [-0.15, -0.1) is 0 Å². The average molecular weight is 229 g/mol. The Bertz CT molecular complexity index is 320. The van der Waals surface area contributed by atoms with Crippen LogP contribution in [0.15, 0.2) is 18.2 Å². The van der Waals surface area contributed by atoms with Crippen molar-refractivity contribution in [1.82, 2.24) is 5.32 Å². The lowest BCUT2D eigenvalue weighted by Crippen LogP contribution is -2.30. The summed E-state index contributed by atoms with van der Waals surface area (Å²) >= 11 is 0. The Morgan fingerprint density at radius 2 is 1.81 bits per heavy atom. The van der Waals surface area contributed by atoms with Gasteiger partial charge in [0.05, 0.1) is 12.1 Å². The minimum absolute atomic E-state index is 0.105. The molecule has 0 amide bonds. The Kier molecular flexibility index (Phi) is 4.83. The standard InChI is InChI=1S/C12H17F2NO/c1-4-11(16-3)12(15-2)8-5-9(13)7-10(14)6-8/h5-7,11-12,15H,4H2,1-3H3. The Balaban J connectivity index is 3.02. The van der Waals surface area contributed by atoms with Gasteiger partial charge in [0, 0.05) is 13.2 Å². The summed E-state index contributed by atoms with van der Waals surface area (Å²) in [6.45, 7) is 1.97. The van der Waals surface area contributed by atoms with Gasteiger partial charge in [-0.05, 0) is 31.2 Å². The van der Waals surface area contributed by atoms with Crippen molar-refractivity contribution in [2.24, 2.45) is 0 Å². The van der Waals surface area contributed by atoms with E-state index in [9.17, 15) is 8.78 Å². The fourth-order valence-electron chi connectivity index (χ4n) is 1.86. The molecule has 16 heavy (non-hydrogen) atoms. The van der Waals surface area contributed by atoms with Gasteiger partial charge >= 0.3 is 0 Å². The highest BCUT2D eigenvalue weighted by atomic mass is 19.1. The molecule has 2 nitrogen and oxygen atoms in total. The first-order valence-electron chi connectivity index (χ1n) is 5.28. The van der Waals surface area contributed by atoms with Crippen LogP contribution in [0.5, 0.6) is 0 Å².